The highest BCUT2D eigenvalue weighted by atomic mass is 31.2. The molecule has 73 heavy (non-hydrogen) atoms. The van der Waals surface area contributed by atoms with Crippen molar-refractivity contribution in [2.45, 2.75) is 289 Å². The number of aliphatic hydroxyl groups is 1. The molecule has 1 amide bonds. The van der Waals surface area contributed by atoms with Crippen LogP contribution in [0, 0.1) is 0 Å². The van der Waals surface area contributed by atoms with Gasteiger partial charge in [0.25, 0.3) is 7.82 Å². The third-order valence-electron chi connectivity index (χ3n) is 13.6. The number of likely N-dealkylation sites (N-methyl/N-ethyl adjacent to an activating group) is 1. The molecule has 0 aromatic carbocycles. The van der Waals surface area contributed by atoms with Gasteiger partial charge in [-0.05, 0) is 83.5 Å². The number of quaternary nitrogens is 1. The van der Waals surface area contributed by atoms with Crippen LogP contribution in [0.4, 0.5) is 0 Å². The van der Waals surface area contributed by atoms with Crippen LogP contribution in [0.5, 0.6) is 0 Å². The molecule has 0 saturated heterocycles. The first-order valence-corrected chi connectivity index (χ1v) is 32.3. The molecule has 3 atom stereocenters. The minimum Gasteiger partial charge on any atom is -0.756 e. The number of carbonyl (C=O) groups is 1. The molecule has 0 bridgehead atoms. The Kier molecular flexibility index (Phi) is 53.2. The number of phosphoric ester groups is 1. The maximum Gasteiger partial charge on any atom is 0.268 e. The van der Waals surface area contributed by atoms with E-state index in [0.29, 0.717) is 17.4 Å². The zero-order valence-corrected chi connectivity index (χ0v) is 49.5. The van der Waals surface area contributed by atoms with Gasteiger partial charge in [-0.2, -0.15) is 0 Å². The number of allylic oxidation sites excluding steroid dienone is 11. The lowest BCUT2D eigenvalue weighted by Gasteiger charge is -2.29. The lowest BCUT2D eigenvalue weighted by atomic mass is 10.0. The number of unbranched alkanes of at least 4 members (excludes halogenated alkanes) is 33. The molecule has 0 fully saturated rings. The summed E-state index contributed by atoms with van der Waals surface area (Å²) in [6, 6.07) is -0.914. The van der Waals surface area contributed by atoms with E-state index in [2.05, 4.69) is 79.9 Å². The van der Waals surface area contributed by atoms with Gasteiger partial charge in [-0.15, -0.1) is 0 Å². The summed E-state index contributed by atoms with van der Waals surface area (Å²) in [7, 11) is 1.23. The molecule has 0 aliphatic carbocycles. The lowest BCUT2D eigenvalue weighted by molar-refractivity contribution is -0.870. The van der Waals surface area contributed by atoms with Crippen LogP contribution >= 0.6 is 7.82 Å². The number of rotatable bonds is 56. The smallest absolute Gasteiger partial charge is 0.268 e. The highest BCUT2D eigenvalue weighted by molar-refractivity contribution is 7.45. The number of nitrogens with zero attached hydrogens (tertiary/aromatic N) is 1. The molecule has 0 spiro atoms. The van der Waals surface area contributed by atoms with Crippen LogP contribution in [0.25, 0.3) is 0 Å². The van der Waals surface area contributed by atoms with Gasteiger partial charge in [0.1, 0.15) is 13.2 Å². The molecule has 0 rings (SSSR count). The molecular formula is C64H119N2O6P. The largest absolute Gasteiger partial charge is 0.756 e. The summed E-state index contributed by atoms with van der Waals surface area (Å²) in [5.74, 6) is -0.212. The van der Waals surface area contributed by atoms with Gasteiger partial charge in [-0.25, -0.2) is 0 Å². The normalized spacial score (nSPS) is 14.3. The van der Waals surface area contributed by atoms with Gasteiger partial charge < -0.3 is 28.8 Å². The van der Waals surface area contributed by atoms with E-state index < -0.39 is 26.6 Å². The predicted molar refractivity (Wildman–Crippen MR) is 316 cm³/mol. The second-order valence-electron chi connectivity index (χ2n) is 22.0. The highest BCUT2D eigenvalue weighted by Gasteiger charge is 2.23. The Labute approximate surface area is 453 Å². The van der Waals surface area contributed by atoms with Crippen LogP contribution in [-0.4, -0.2) is 68.5 Å². The number of amides is 1. The van der Waals surface area contributed by atoms with Gasteiger partial charge in [0.2, 0.25) is 5.91 Å². The summed E-state index contributed by atoms with van der Waals surface area (Å²) >= 11 is 0. The number of phosphoric acid groups is 1. The Balaban J connectivity index is 4.22. The molecule has 9 heteroatoms. The molecule has 0 saturated carbocycles. The summed E-state index contributed by atoms with van der Waals surface area (Å²) in [5, 5.41) is 13.9. The topological polar surface area (TPSA) is 108 Å². The van der Waals surface area contributed by atoms with E-state index in [9.17, 15) is 19.4 Å². The van der Waals surface area contributed by atoms with Gasteiger partial charge in [-0.1, -0.05) is 260 Å². The quantitative estimate of drug-likeness (QED) is 0.0272. The fourth-order valence-electron chi connectivity index (χ4n) is 8.78. The second-order valence-corrected chi connectivity index (χ2v) is 23.4. The zero-order valence-electron chi connectivity index (χ0n) is 48.6. The molecule has 0 aromatic heterocycles. The van der Waals surface area contributed by atoms with E-state index >= 15 is 0 Å². The minimum absolute atomic E-state index is 0.0110. The van der Waals surface area contributed by atoms with Gasteiger partial charge in [0.15, 0.2) is 0 Å². The van der Waals surface area contributed by atoms with Crippen LogP contribution in [-0.2, 0) is 18.4 Å². The molecular weight excluding hydrogens is 924 g/mol. The number of carbonyl (C=O) groups excluding carboxylic acids is 1. The molecule has 0 aromatic rings. The average Bonchev–Trinajstić information content (AvgIpc) is 3.35. The standard InChI is InChI=1S/C64H119N2O6P/c1-6-8-10-12-14-16-18-20-22-24-26-28-30-31-32-33-34-35-36-38-40-42-44-46-48-50-52-54-56-58-64(68)65-62(61-72-73(69,70)71-60-59-66(3,4)5)63(67)57-55-53-51-49-47-45-43-41-39-37-29-27-25-23-21-19-17-15-13-11-9-7-2/h18,20,24,26,30-31,39,41,47,49,55,57,62-63,67H,6-17,19,21-23,25,27-29,32-38,40,42-46,48,50-54,56,58-61H2,1-5H3,(H-,65,68,69,70)/b20-18-,26-24-,31-30-,41-39+,49-47+,57-55+. The van der Waals surface area contributed by atoms with Crippen molar-refractivity contribution in [1.82, 2.24) is 5.32 Å². The number of hydrogen-bond donors (Lipinski definition) is 2. The van der Waals surface area contributed by atoms with Crippen molar-refractivity contribution < 1.29 is 32.9 Å². The average molecular weight is 1040 g/mol. The Bertz CT molecular complexity index is 1420. The molecule has 426 valence electrons. The summed E-state index contributed by atoms with van der Waals surface area (Å²) in [6.45, 7) is 4.63. The summed E-state index contributed by atoms with van der Waals surface area (Å²) in [6.07, 6.45) is 75.6. The monoisotopic (exact) mass is 1040 g/mol. The van der Waals surface area contributed by atoms with Crippen LogP contribution in [0.2, 0.25) is 0 Å². The SMILES string of the molecule is CCCCCCC/C=C\C/C=C\C/C=C\CCCCCCCCCCCCCCCCC(=O)NC(COP(=O)([O-])OCC[N+](C)(C)C)C(O)/C=C/CC/C=C/CC/C=C/CCCCCCCCCCCCCC. The van der Waals surface area contributed by atoms with E-state index in [4.69, 9.17) is 9.05 Å². The Morgan fingerprint density at radius 1 is 0.479 bits per heavy atom. The number of aliphatic hydroxyl groups excluding tert-OH is 1. The maximum absolute atomic E-state index is 13.0. The van der Waals surface area contributed by atoms with Crippen LogP contribution in [0.1, 0.15) is 277 Å². The number of nitrogens with one attached hydrogen (secondary N) is 1. The van der Waals surface area contributed by atoms with Crippen molar-refractivity contribution in [1.29, 1.82) is 0 Å². The minimum atomic E-state index is -4.61. The second kappa shape index (κ2) is 54.7. The van der Waals surface area contributed by atoms with E-state index in [1.807, 2.05) is 27.2 Å². The van der Waals surface area contributed by atoms with Crippen LogP contribution < -0.4 is 10.2 Å². The zero-order chi connectivity index (χ0) is 53.5. The van der Waals surface area contributed by atoms with Crippen LogP contribution in [0.15, 0.2) is 72.9 Å². The van der Waals surface area contributed by atoms with Crippen molar-refractivity contribution in [3.8, 4) is 0 Å². The van der Waals surface area contributed by atoms with Crippen molar-refractivity contribution in [2.24, 2.45) is 0 Å². The summed E-state index contributed by atoms with van der Waals surface area (Å²) < 4.78 is 23.4. The lowest BCUT2D eigenvalue weighted by Crippen LogP contribution is -2.45. The van der Waals surface area contributed by atoms with Crippen molar-refractivity contribution in [3.63, 3.8) is 0 Å². The Hall–Kier alpha value is -2.06. The van der Waals surface area contributed by atoms with Gasteiger partial charge in [0, 0.05) is 6.42 Å². The van der Waals surface area contributed by atoms with E-state index in [1.165, 1.54) is 199 Å². The Morgan fingerprint density at radius 3 is 1.21 bits per heavy atom. The summed E-state index contributed by atoms with van der Waals surface area (Å²) in [4.78, 5) is 25.5. The maximum atomic E-state index is 13.0. The fraction of sp³-hybridized carbons (Fsp3) is 0.797. The van der Waals surface area contributed by atoms with Crippen molar-refractivity contribution in [3.05, 3.63) is 72.9 Å². The van der Waals surface area contributed by atoms with E-state index in [1.54, 1.807) is 6.08 Å². The summed E-state index contributed by atoms with van der Waals surface area (Å²) in [5.41, 5.74) is 0. The number of hydrogen-bond acceptors (Lipinski definition) is 6. The molecule has 3 unspecified atom stereocenters. The van der Waals surface area contributed by atoms with E-state index in [-0.39, 0.29) is 12.5 Å². The van der Waals surface area contributed by atoms with Crippen LogP contribution in [0.3, 0.4) is 0 Å². The molecule has 0 aliphatic heterocycles. The first-order chi connectivity index (χ1) is 35.5. The first kappa shape index (κ1) is 70.9. The molecule has 0 heterocycles. The van der Waals surface area contributed by atoms with Gasteiger partial charge in [-0.3, -0.25) is 9.36 Å². The van der Waals surface area contributed by atoms with Gasteiger partial charge >= 0.3 is 0 Å². The van der Waals surface area contributed by atoms with E-state index in [0.717, 1.165) is 57.8 Å². The van der Waals surface area contributed by atoms with Gasteiger partial charge in [0.05, 0.1) is 39.9 Å². The third-order valence-corrected chi connectivity index (χ3v) is 14.6. The third kappa shape index (κ3) is 57.5. The Morgan fingerprint density at radius 2 is 0.808 bits per heavy atom. The highest BCUT2D eigenvalue weighted by Crippen LogP contribution is 2.38. The first-order valence-electron chi connectivity index (χ1n) is 30.8. The van der Waals surface area contributed by atoms with Crippen molar-refractivity contribution >= 4 is 13.7 Å². The molecule has 0 aliphatic rings. The molecule has 0 radical (unpaired) electrons. The fourth-order valence-corrected chi connectivity index (χ4v) is 9.50. The predicted octanol–water partition coefficient (Wildman–Crippen LogP) is 18.4. The van der Waals surface area contributed by atoms with Crippen molar-refractivity contribution in [2.75, 3.05) is 40.9 Å². The molecule has 8 nitrogen and oxygen atoms in total. The molecule has 2 N–H and O–H groups in total.